The van der Waals surface area contributed by atoms with E-state index in [0.29, 0.717) is 18.0 Å². The Morgan fingerprint density at radius 2 is 2.10 bits per heavy atom. The highest BCUT2D eigenvalue weighted by molar-refractivity contribution is 6.01. The van der Waals surface area contributed by atoms with Crippen LogP contribution >= 0.6 is 0 Å². The molecule has 5 nitrogen and oxygen atoms in total. The van der Waals surface area contributed by atoms with Gasteiger partial charge in [0.15, 0.2) is 11.6 Å². The van der Waals surface area contributed by atoms with E-state index >= 15 is 0 Å². The van der Waals surface area contributed by atoms with Gasteiger partial charge in [0.2, 0.25) is 0 Å². The van der Waals surface area contributed by atoms with E-state index < -0.39 is 11.7 Å². The number of nitrogens with two attached hydrogens (primary N) is 2. The summed E-state index contributed by atoms with van der Waals surface area (Å²) in [6.07, 6.45) is 0. The molecule has 0 aliphatic carbocycles. The second-order valence-electron chi connectivity index (χ2n) is 4.33. The summed E-state index contributed by atoms with van der Waals surface area (Å²) in [6, 6.07) is 9.32. The quantitative estimate of drug-likeness (QED) is 0.738. The number of nitrogens with one attached hydrogen (secondary N) is 1. The van der Waals surface area contributed by atoms with E-state index in [9.17, 15) is 9.18 Å². The van der Waals surface area contributed by atoms with E-state index in [4.69, 9.17) is 16.2 Å². The largest absolute Gasteiger partial charge is 0.491 e. The van der Waals surface area contributed by atoms with Gasteiger partial charge >= 0.3 is 0 Å². The van der Waals surface area contributed by atoms with E-state index in [2.05, 4.69) is 5.32 Å². The van der Waals surface area contributed by atoms with Crippen molar-refractivity contribution < 1.29 is 13.9 Å². The number of rotatable bonds is 5. The fourth-order valence-electron chi connectivity index (χ4n) is 1.90. The summed E-state index contributed by atoms with van der Waals surface area (Å²) in [5.74, 6) is -0.914. The molecule has 0 atom stereocenters. The molecule has 0 fully saturated rings. The van der Waals surface area contributed by atoms with Crippen molar-refractivity contribution in [2.75, 3.05) is 17.7 Å². The summed E-state index contributed by atoms with van der Waals surface area (Å²) < 4.78 is 18.9. The molecule has 21 heavy (non-hydrogen) atoms. The van der Waals surface area contributed by atoms with Gasteiger partial charge in [0, 0.05) is 11.8 Å². The minimum absolute atomic E-state index is 0.182. The van der Waals surface area contributed by atoms with Crippen LogP contribution in [0.25, 0.3) is 0 Å². The van der Waals surface area contributed by atoms with Crippen molar-refractivity contribution in [2.24, 2.45) is 5.73 Å². The number of anilines is 3. The Morgan fingerprint density at radius 1 is 1.33 bits per heavy atom. The minimum Gasteiger partial charge on any atom is -0.491 e. The molecule has 0 radical (unpaired) electrons. The summed E-state index contributed by atoms with van der Waals surface area (Å²) in [5, 5.41) is 2.95. The number of para-hydroxylation sites is 1. The van der Waals surface area contributed by atoms with Crippen LogP contribution in [0.3, 0.4) is 0 Å². The standard InChI is InChI=1S/C15H16FN3O2/c1-2-21-13-7-6-9(8-11(13)16)19-12-5-3-4-10(14(12)17)15(18)20/h3-8,19H,2,17H2,1H3,(H2,18,20). The van der Waals surface area contributed by atoms with Crippen LogP contribution in [0, 0.1) is 5.82 Å². The number of primary amides is 1. The van der Waals surface area contributed by atoms with Gasteiger partial charge in [-0.15, -0.1) is 0 Å². The van der Waals surface area contributed by atoms with Gasteiger partial charge in [0.05, 0.1) is 23.5 Å². The monoisotopic (exact) mass is 289 g/mol. The minimum atomic E-state index is -0.617. The molecule has 110 valence electrons. The molecule has 0 aromatic heterocycles. The van der Waals surface area contributed by atoms with Gasteiger partial charge in [-0.2, -0.15) is 0 Å². The first-order valence-electron chi connectivity index (χ1n) is 6.40. The number of nitrogen functional groups attached to an aromatic ring is 1. The average molecular weight is 289 g/mol. The van der Waals surface area contributed by atoms with Crippen molar-refractivity contribution in [1.82, 2.24) is 0 Å². The lowest BCUT2D eigenvalue weighted by molar-refractivity contribution is 0.100. The summed E-state index contributed by atoms with van der Waals surface area (Å²) in [6.45, 7) is 2.17. The normalized spacial score (nSPS) is 10.2. The van der Waals surface area contributed by atoms with Crippen LogP contribution in [0.5, 0.6) is 5.75 Å². The fraction of sp³-hybridized carbons (Fsp3) is 0.133. The Hall–Kier alpha value is -2.76. The zero-order chi connectivity index (χ0) is 15.4. The molecule has 0 spiro atoms. The molecule has 5 N–H and O–H groups in total. The highest BCUT2D eigenvalue weighted by Gasteiger charge is 2.10. The van der Waals surface area contributed by atoms with Crippen molar-refractivity contribution in [2.45, 2.75) is 6.92 Å². The lowest BCUT2D eigenvalue weighted by Crippen LogP contribution is -2.14. The van der Waals surface area contributed by atoms with Crippen LogP contribution in [0.1, 0.15) is 17.3 Å². The topological polar surface area (TPSA) is 90.4 Å². The highest BCUT2D eigenvalue weighted by atomic mass is 19.1. The van der Waals surface area contributed by atoms with E-state index in [-0.39, 0.29) is 17.0 Å². The van der Waals surface area contributed by atoms with Crippen molar-refractivity contribution in [1.29, 1.82) is 0 Å². The third-order valence-electron chi connectivity index (χ3n) is 2.88. The number of amides is 1. The Balaban J connectivity index is 2.28. The molecule has 0 unspecified atom stereocenters. The van der Waals surface area contributed by atoms with Crippen LogP contribution in [0.15, 0.2) is 36.4 Å². The Labute approximate surface area is 121 Å². The van der Waals surface area contributed by atoms with Gasteiger partial charge in [-0.05, 0) is 31.2 Å². The first kappa shape index (κ1) is 14.6. The number of halogens is 1. The predicted octanol–water partition coefficient (Wildman–Crippen LogP) is 2.65. The van der Waals surface area contributed by atoms with Crippen LogP contribution in [-0.4, -0.2) is 12.5 Å². The Bertz CT molecular complexity index is 674. The zero-order valence-corrected chi connectivity index (χ0v) is 11.5. The summed E-state index contributed by atoms with van der Waals surface area (Å²) in [7, 11) is 0. The van der Waals surface area contributed by atoms with E-state index in [1.165, 1.54) is 18.2 Å². The van der Waals surface area contributed by atoms with Gasteiger partial charge in [-0.3, -0.25) is 4.79 Å². The summed E-state index contributed by atoms with van der Waals surface area (Å²) >= 11 is 0. The highest BCUT2D eigenvalue weighted by Crippen LogP contribution is 2.28. The van der Waals surface area contributed by atoms with Gasteiger partial charge in [-0.25, -0.2) is 4.39 Å². The molecule has 0 aliphatic rings. The smallest absolute Gasteiger partial charge is 0.250 e. The fourth-order valence-corrected chi connectivity index (χ4v) is 1.90. The van der Waals surface area contributed by atoms with Gasteiger partial charge < -0.3 is 21.5 Å². The molecule has 2 aromatic rings. The van der Waals surface area contributed by atoms with Crippen molar-refractivity contribution in [3.63, 3.8) is 0 Å². The lowest BCUT2D eigenvalue weighted by Gasteiger charge is -2.12. The average Bonchev–Trinajstić information content (AvgIpc) is 2.44. The number of benzene rings is 2. The molecule has 2 rings (SSSR count). The molecule has 1 amide bonds. The third kappa shape index (κ3) is 3.22. The number of hydrogen-bond donors (Lipinski definition) is 3. The predicted molar refractivity (Wildman–Crippen MR) is 80.2 cm³/mol. The van der Waals surface area contributed by atoms with Gasteiger partial charge in [0.25, 0.3) is 5.91 Å². The number of hydrogen-bond acceptors (Lipinski definition) is 4. The van der Waals surface area contributed by atoms with E-state index in [1.54, 1.807) is 25.1 Å². The molecule has 0 saturated heterocycles. The first-order valence-corrected chi connectivity index (χ1v) is 6.40. The van der Waals surface area contributed by atoms with Crippen LogP contribution in [-0.2, 0) is 0 Å². The summed E-state index contributed by atoms with van der Waals surface area (Å²) in [5.41, 5.74) is 12.5. The first-order chi connectivity index (χ1) is 10.0. The maximum absolute atomic E-state index is 13.8. The van der Waals surface area contributed by atoms with Gasteiger partial charge in [0.1, 0.15) is 0 Å². The maximum atomic E-state index is 13.8. The van der Waals surface area contributed by atoms with Crippen LogP contribution in [0.2, 0.25) is 0 Å². The van der Waals surface area contributed by atoms with Gasteiger partial charge in [-0.1, -0.05) is 6.07 Å². The molecule has 0 aliphatic heterocycles. The van der Waals surface area contributed by atoms with Crippen molar-refractivity contribution in [3.8, 4) is 5.75 Å². The molecular formula is C15H16FN3O2. The molecule has 0 saturated carbocycles. The molecular weight excluding hydrogens is 273 g/mol. The Kier molecular flexibility index (Phi) is 4.27. The SMILES string of the molecule is CCOc1ccc(Nc2cccc(C(N)=O)c2N)cc1F. The van der Waals surface area contributed by atoms with E-state index in [1.807, 2.05) is 0 Å². The van der Waals surface area contributed by atoms with Crippen molar-refractivity contribution >= 4 is 23.0 Å². The number of carbonyl (C=O) groups excluding carboxylic acids is 1. The molecule has 0 bridgehead atoms. The van der Waals surface area contributed by atoms with Crippen LogP contribution in [0.4, 0.5) is 21.5 Å². The summed E-state index contributed by atoms with van der Waals surface area (Å²) in [4.78, 5) is 11.2. The lowest BCUT2D eigenvalue weighted by atomic mass is 10.1. The number of ether oxygens (including phenoxy) is 1. The maximum Gasteiger partial charge on any atom is 0.250 e. The van der Waals surface area contributed by atoms with E-state index in [0.717, 1.165) is 0 Å². The zero-order valence-electron chi connectivity index (χ0n) is 11.5. The second kappa shape index (κ2) is 6.13. The number of carbonyl (C=O) groups is 1. The second-order valence-corrected chi connectivity index (χ2v) is 4.33. The Morgan fingerprint density at radius 3 is 2.71 bits per heavy atom. The molecule has 0 heterocycles. The molecule has 6 heteroatoms. The van der Waals surface area contributed by atoms with Crippen LogP contribution < -0.4 is 21.5 Å². The van der Waals surface area contributed by atoms with Crippen molar-refractivity contribution in [3.05, 3.63) is 47.8 Å². The third-order valence-corrected chi connectivity index (χ3v) is 2.88. The molecule has 2 aromatic carbocycles.